The lowest BCUT2D eigenvalue weighted by Crippen LogP contribution is -2.19. The second-order valence-electron chi connectivity index (χ2n) is 5.98. The van der Waals surface area contributed by atoms with E-state index in [4.69, 9.17) is 0 Å². The Balaban J connectivity index is 1.66. The van der Waals surface area contributed by atoms with E-state index in [0.29, 0.717) is 12.0 Å². The normalized spacial score (nSPS) is 21.2. The Morgan fingerprint density at radius 1 is 1.00 bits per heavy atom. The van der Waals surface area contributed by atoms with Crippen molar-refractivity contribution in [2.45, 2.75) is 31.7 Å². The molecule has 0 bridgehead atoms. The van der Waals surface area contributed by atoms with Crippen molar-refractivity contribution in [2.24, 2.45) is 0 Å². The summed E-state index contributed by atoms with van der Waals surface area (Å²) < 4.78 is 1.36. The van der Waals surface area contributed by atoms with Crippen LogP contribution in [0.2, 0.25) is 0 Å². The fraction of sp³-hybridized carbons (Fsp3) is 0.263. The average Bonchev–Trinajstić information content (AvgIpc) is 2.98. The maximum Gasteiger partial charge on any atom is 0.0516 e. The molecule has 2 heteroatoms. The van der Waals surface area contributed by atoms with E-state index >= 15 is 0 Å². The standard InChI is InChI=1S/C19H19NS/c1-13-6-8-18(17-5-3-2-4-16(13)17)20-15-7-9-19-14(12-15)10-11-21-19/h2-5,7,9-13,18,20H,6,8H2,1H3. The van der Waals surface area contributed by atoms with E-state index in [9.17, 15) is 0 Å². The molecule has 3 aromatic rings. The number of rotatable bonds is 2. The summed E-state index contributed by atoms with van der Waals surface area (Å²) in [7, 11) is 0. The summed E-state index contributed by atoms with van der Waals surface area (Å²) >= 11 is 1.80. The molecule has 0 saturated carbocycles. The predicted octanol–water partition coefficient (Wildman–Crippen LogP) is 5.95. The molecule has 106 valence electrons. The second-order valence-corrected chi connectivity index (χ2v) is 6.93. The third kappa shape index (κ3) is 2.34. The summed E-state index contributed by atoms with van der Waals surface area (Å²) in [5.74, 6) is 0.679. The maximum absolute atomic E-state index is 3.74. The summed E-state index contributed by atoms with van der Waals surface area (Å²) in [6.45, 7) is 2.34. The van der Waals surface area contributed by atoms with E-state index in [1.807, 2.05) is 0 Å². The fourth-order valence-electron chi connectivity index (χ4n) is 3.41. The van der Waals surface area contributed by atoms with Crippen LogP contribution in [-0.2, 0) is 0 Å². The number of hydrogen-bond donors (Lipinski definition) is 1. The molecule has 1 aromatic heterocycles. The van der Waals surface area contributed by atoms with Gasteiger partial charge in [0.25, 0.3) is 0 Å². The molecule has 1 nitrogen and oxygen atoms in total. The molecule has 0 fully saturated rings. The molecule has 1 aliphatic carbocycles. The first-order chi connectivity index (χ1) is 10.3. The van der Waals surface area contributed by atoms with Crippen molar-refractivity contribution in [3.63, 3.8) is 0 Å². The van der Waals surface area contributed by atoms with Crippen molar-refractivity contribution in [1.29, 1.82) is 0 Å². The van der Waals surface area contributed by atoms with Crippen LogP contribution in [0.3, 0.4) is 0 Å². The van der Waals surface area contributed by atoms with Crippen LogP contribution in [0, 0.1) is 0 Å². The molecule has 0 amide bonds. The number of benzene rings is 2. The fourth-order valence-corrected chi connectivity index (χ4v) is 4.18. The lowest BCUT2D eigenvalue weighted by atomic mass is 9.81. The second kappa shape index (κ2) is 5.19. The van der Waals surface area contributed by atoms with Crippen LogP contribution in [0.25, 0.3) is 10.1 Å². The molecule has 1 heterocycles. The summed E-state index contributed by atoms with van der Waals surface area (Å²) in [5, 5.41) is 7.24. The highest BCUT2D eigenvalue weighted by Crippen LogP contribution is 2.39. The first-order valence-corrected chi connectivity index (χ1v) is 8.52. The Hall–Kier alpha value is -1.80. The van der Waals surface area contributed by atoms with Gasteiger partial charge in [-0.05, 0) is 64.9 Å². The van der Waals surface area contributed by atoms with Crippen LogP contribution in [0.15, 0.2) is 53.9 Å². The van der Waals surface area contributed by atoms with Crippen molar-refractivity contribution >= 4 is 27.1 Å². The highest BCUT2D eigenvalue weighted by Gasteiger charge is 2.24. The van der Waals surface area contributed by atoms with E-state index in [1.54, 1.807) is 11.3 Å². The molecule has 1 N–H and O–H groups in total. The zero-order valence-corrected chi connectivity index (χ0v) is 13.0. The van der Waals surface area contributed by atoms with Gasteiger partial charge in [0.15, 0.2) is 0 Å². The third-order valence-corrected chi connectivity index (χ3v) is 5.48. The van der Waals surface area contributed by atoms with Crippen molar-refractivity contribution in [2.75, 3.05) is 5.32 Å². The minimum atomic E-state index is 0.438. The van der Waals surface area contributed by atoms with Gasteiger partial charge in [0.05, 0.1) is 6.04 Å². The quantitative estimate of drug-likeness (QED) is 0.615. The molecule has 1 aliphatic rings. The molecular weight excluding hydrogens is 274 g/mol. The van der Waals surface area contributed by atoms with Gasteiger partial charge in [-0.1, -0.05) is 31.2 Å². The minimum Gasteiger partial charge on any atom is -0.378 e. The van der Waals surface area contributed by atoms with Gasteiger partial charge in [-0.25, -0.2) is 0 Å². The number of fused-ring (bicyclic) bond motifs is 2. The molecule has 0 aliphatic heterocycles. The SMILES string of the molecule is CC1CCC(Nc2ccc3sccc3c2)c2ccccc21. The smallest absolute Gasteiger partial charge is 0.0516 e. The maximum atomic E-state index is 3.74. The van der Waals surface area contributed by atoms with Gasteiger partial charge in [-0.15, -0.1) is 11.3 Å². The highest BCUT2D eigenvalue weighted by molar-refractivity contribution is 7.17. The van der Waals surface area contributed by atoms with Crippen LogP contribution < -0.4 is 5.32 Å². The number of anilines is 1. The van der Waals surface area contributed by atoms with E-state index in [-0.39, 0.29) is 0 Å². The minimum absolute atomic E-state index is 0.438. The Kier molecular flexibility index (Phi) is 3.19. The van der Waals surface area contributed by atoms with E-state index in [1.165, 1.54) is 39.7 Å². The van der Waals surface area contributed by atoms with Gasteiger partial charge in [-0.2, -0.15) is 0 Å². The number of nitrogens with one attached hydrogen (secondary N) is 1. The lowest BCUT2D eigenvalue weighted by molar-refractivity contribution is 0.535. The Morgan fingerprint density at radius 3 is 2.76 bits per heavy atom. The highest BCUT2D eigenvalue weighted by atomic mass is 32.1. The average molecular weight is 293 g/mol. The first kappa shape index (κ1) is 12.9. The van der Waals surface area contributed by atoms with Gasteiger partial charge in [0.2, 0.25) is 0 Å². The number of hydrogen-bond acceptors (Lipinski definition) is 2. The molecular formula is C19H19NS. The van der Waals surface area contributed by atoms with Gasteiger partial charge < -0.3 is 5.32 Å². The van der Waals surface area contributed by atoms with Gasteiger partial charge in [0.1, 0.15) is 0 Å². The lowest BCUT2D eigenvalue weighted by Gasteiger charge is -2.31. The largest absolute Gasteiger partial charge is 0.378 e. The van der Waals surface area contributed by atoms with Crippen LogP contribution in [0.4, 0.5) is 5.69 Å². The summed E-state index contributed by atoms with van der Waals surface area (Å²) in [6, 6.07) is 18.2. The molecule has 4 rings (SSSR count). The van der Waals surface area contributed by atoms with Gasteiger partial charge in [-0.3, -0.25) is 0 Å². The van der Waals surface area contributed by atoms with E-state index < -0.39 is 0 Å². The monoisotopic (exact) mass is 293 g/mol. The Labute approximate surface area is 129 Å². The number of thiophene rings is 1. The zero-order valence-electron chi connectivity index (χ0n) is 12.2. The third-order valence-electron chi connectivity index (χ3n) is 4.58. The van der Waals surface area contributed by atoms with Crippen molar-refractivity contribution < 1.29 is 0 Å². The Bertz CT molecular complexity index is 774. The topological polar surface area (TPSA) is 12.0 Å². The molecule has 0 saturated heterocycles. The van der Waals surface area contributed by atoms with Crippen LogP contribution in [0.1, 0.15) is 42.9 Å². The molecule has 2 unspecified atom stereocenters. The van der Waals surface area contributed by atoms with Crippen molar-refractivity contribution in [3.05, 3.63) is 65.0 Å². The molecule has 0 radical (unpaired) electrons. The summed E-state index contributed by atoms with van der Waals surface area (Å²) in [4.78, 5) is 0. The van der Waals surface area contributed by atoms with Crippen LogP contribution >= 0.6 is 11.3 Å². The zero-order chi connectivity index (χ0) is 14.2. The van der Waals surface area contributed by atoms with E-state index in [0.717, 1.165) is 0 Å². The van der Waals surface area contributed by atoms with Crippen LogP contribution in [-0.4, -0.2) is 0 Å². The summed E-state index contributed by atoms with van der Waals surface area (Å²) in [6.07, 6.45) is 2.47. The Morgan fingerprint density at radius 2 is 1.86 bits per heavy atom. The van der Waals surface area contributed by atoms with Gasteiger partial charge in [0, 0.05) is 10.4 Å². The summed E-state index contributed by atoms with van der Waals surface area (Å²) in [5.41, 5.74) is 4.22. The molecule has 2 atom stereocenters. The van der Waals surface area contributed by atoms with Gasteiger partial charge >= 0.3 is 0 Å². The van der Waals surface area contributed by atoms with E-state index in [2.05, 4.69) is 66.2 Å². The van der Waals surface area contributed by atoms with Crippen molar-refractivity contribution in [3.8, 4) is 0 Å². The molecule has 2 aromatic carbocycles. The molecule has 0 spiro atoms. The molecule has 21 heavy (non-hydrogen) atoms. The van der Waals surface area contributed by atoms with Crippen LogP contribution in [0.5, 0.6) is 0 Å². The first-order valence-electron chi connectivity index (χ1n) is 7.64. The predicted molar refractivity (Wildman–Crippen MR) is 92.3 cm³/mol. The van der Waals surface area contributed by atoms with Crippen molar-refractivity contribution in [1.82, 2.24) is 0 Å².